The van der Waals surface area contributed by atoms with Crippen molar-refractivity contribution in [3.05, 3.63) is 35.1 Å². The largest absolute Gasteiger partial charge is 0.495 e. The van der Waals surface area contributed by atoms with Gasteiger partial charge in [-0.1, -0.05) is 15.9 Å². The van der Waals surface area contributed by atoms with Gasteiger partial charge in [-0.05, 0) is 24.6 Å². The van der Waals surface area contributed by atoms with E-state index in [4.69, 9.17) is 9.47 Å². The molecule has 0 amide bonds. The van der Waals surface area contributed by atoms with Gasteiger partial charge in [0.1, 0.15) is 5.75 Å². The highest BCUT2D eigenvalue weighted by molar-refractivity contribution is 9.10. The number of hydrogen-bond donors (Lipinski definition) is 1. The zero-order valence-electron chi connectivity index (χ0n) is 11.6. The maximum atomic E-state index is 5.40. The molecule has 0 bridgehead atoms. The van der Waals surface area contributed by atoms with E-state index in [0.717, 1.165) is 41.4 Å². The molecular weight excluding hydrogens is 322 g/mol. The van der Waals surface area contributed by atoms with Crippen LogP contribution in [-0.4, -0.2) is 36.9 Å². The van der Waals surface area contributed by atoms with Gasteiger partial charge in [0.2, 0.25) is 5.95 Å². The average Bonchev–Trinajstić information content (AvgIpc) is 2.92. The molecule has 0 unspecified atom stereocenters. The Hall–Kier alpha value is -1.53. The molecule has 0 spiro atoms. The minimum atomic E-state index is 0.730. The van der Waals surface area contributed by atoms with Gasteiger partial charge in [-0.25, -0.2) is 4.98 Å². The van der Waals surface area contributed by atoms with E-state index in [0.29, 0.717) is 0 Å². The van der Waals surface area contributed by atoms with Gasteiger partial charge in [-0.3, -0.25) is 4.57 Å². The number of imidazole rings is 1. The molecule has 0 aliphatic rings. The van der Waals surface area contributed by atoms with Crippen molar-refractivity contribution in [2.24, 2.45) is 0 Å². The Bertz CT molecular complexity index is 557. The number of ether oxygens (including phenoxy) is 2. The van der Waals surface area contributed by atoms with E-state index < -0.39 is 0 Å². The van der Waals surface area contributed by atoms with Crippen molar-refractivity contribution in [1.29, 1.82) is 0 Å². The third-order valence-corrected chi connectivity index (χ3v) is 3.34. The van der Waals surface area contributed by atoms with Crippen LogP contribution < -0.4 is 10.1 Å². The summed E-state index contributed by atoms with van der Waals surface area (Å²) in [5, 5.41) is 3.30. The maximum absolute atomic E-state index is 5.40. The maximum Gasteiger partial charge on any atom is 0.207 e. The van der Waals surface area contributed by atoms with Crippen molar-refractivity contribution >= 4 is 21.9 Å². The topological polar surface area (TPSA) is 48.3 Å². The molecule has 1 heterocycles. The number of nitrogens with zero attached hydrogens (tertiary/aromatic N) is 2. The van der Waals surface area contributed by atoms with Crippen LogP contribution >= 0.6 is 15.9 Å². The molecule has 1 aromatic carbocycles. The number of benzene rings is 1. The van der Waals surface area contributed by atoms with E-state index in [-0.39, 0.29) is 0 Å². The van der Waals surface area contributed by atoms with E-state index in [1.165, 1.54) is 0 Å². The minimum Gasteiger partial charge on any atom is -0.495 e. The molecule has 1 aromatic heterocycles. The highest BCUT2D eigenvalue weighted by atomic mass is 79.9. The second kappa shape index (κ2) is 7.31. The van der Waals surface area contributed by atoms with Crippen molar-refractivity contribution in [3.8, 4) is 11.4 Å². The molecule has 2 aromatic rings. The van der Waals surface area contributed by atoms with E-state index in [2.05, 4.69) is 26.2 Å². The van der Waals surface area contributed by atoms with Gasteiger partial charge in [-0.15, -0.1) is 0 Å². The minimum absolute atomic E-state index is 0.730. The zero-order valence-corrected chi connectivity index (χ0v) is 13.2. The van der Waals surface area contributed by atoms with Crippen LogP contribution in [0.15, 0.2) is 35.1 Å². The highest BCUT2D eigenvalue weighted by Gasteiger charge is 2.10. The molecule has 2 rings (SSSR count). The number of anilines is 1. The van der Waals surface area contributed by atoms with E-state index in [1.54, 1.807) is 20.4 Å². The first kappa shape index (κ1) is 14.9. The molecule has 0 aliphatic heterocycles. The van der Waals surface area contributed by atoms with Gasteiger partial charge >= 0.3 is 0 Å². The second-order valence-corrected chi connectivity index (χ2v) is 5.13. The van der Waals surface area contributed by atoms with Crippen LogP contribution in [0.5, 0.6) is 5.75 Å². The summed E-state index contributed by atoms with van der Waals surface area (Å²) in [5.74, 6) is 1.59. The van der Waals surface area contributed by atoms with Gasteiger partial charge in [0.15, 0.2) is 0 Å². The summed E-state index contributed by atoms with van der Waals surface area (Å²) in [6.07, 6.45) is 4.60. The van der Waals surface area contributed by atoms with Crippen LogP contribution in [0, 0.1) is 0 Å². The molecule has 108 valence electrons. The van der Waals surface area contributed by atoms with Gasteiger partial charge in [0.25, 0.3) is 0 Å². The summed E-state index contributed by atoms with van der Waals surface area (Å²) in [6, 6.07) is 5.87. The standard InChI is InChI=1S/C14H18BrN3O2/c1-19-9-3-6-16-14-17-7-8-18(14)12-10-11(15)4-5-13(12)20-2/h4-5,7-8,10H,3,6,9H2,1-2H3,(H,16,17). The molecule has 1 N–H and O–H groups in total. The van der Waals surface area contributed by atoms with Crippen LogP contribution in [0.4, 0.5) is 5.95 Å². The Morgan fingerprint density at radius 3 is 2.95 bits per heavy atom. The van der Waals surface area contributed by atoms with E-state index >= 15 is 0 Å². The van der Waals surface area contributed by atoms with Crippen molar-refractivity contribution in [3.63, 3.8) is 0 Å². The van der Waals surface area contributed by atoms with Crippen LogP contribution in [0.2, 0.25) is 0 Å². The molecule has 0 radical (unpaired) electrons. The van der Waals surface area contributed by atoms with Crippen molar-refractivity contribution in [1.82, 2.24) is 9.55 Å². The monoisotopic (exact) mass is 339 g/mol. The van der Waals surface area contributed by atoms with E-state index in [9.17, 15) is 0 Å². The lowest BCUT2D eigenvalue weighted by Crippen LogP contribution is -2.10. The number of aromatic nitrogens is 2. The number of hydrogen-bond acceptors (Lipinski definition) is 4. The molecular formula is C14H18BrN3O2. The Balaban J connectivity index is 2.21. The van der Waals surface area contributed by atoms with Crippen LogP contribution in [0.25, 0.3) is 5.69 Å². The fourth-order valence-electron chi connectivity index (χ4n) is 1.90. The molecule has 0 aliphatic carbocycles. The fraction of sp³-hybridized carbons (Fsp3) is 0.357. The summed E-state index contributed by atoms with van der Waals surface area (Å²) in [4.78, 5) is 4.34. The third-order valence-electron chi connectivity index (χ3n) is 2.85. The highest BCUT2D eigenvalue weighted by Crippen LogP contribution is 2.28. The molecule has 6 heteroatoms. The smallest absolute Gasteiger partial charge is 0.207 e. The summed E-state index contributed by atoms with van der Waals surface area (Å²) in [7, 11) is 3.36. The van der Waals surface area contributed by atoms with Crippen LogP contribution in [-0.2, 0) is 4.74 Å². The lowest BCUT2D eigenvalue weighted by Gasteiger charge is -2.13. The summed E-state index contributed by atoms with van der Waals surface area (Å²) in [6.45, 7) is 1.54. The number of methoxy groups -OCH3 is 2. The Kier molecular flexibility index (Phi) is 5.43. The first-order valence-corrected chi connectivity index (χ1v) is 7.15. The van der Waals surface area contributed by atoms with Crippen LogP contribution in [0.3, 0.4) is 0 Å². The average molecular weight is 340 g/mol. The van der Waals surface area contributed by atoms with Gasteiger partial charge in [0, 0.05) is 37.1 Å². The predicted octanol–water partition coefficient (Wildman–Crippen LogP) is 3.09. The predicted molar refractivity (Wildman–Crippen MR) is 82.8 cm³/mol. The van der Waals surface area contributed by atoms with E-state index in [1.807, 2.05) is 29.0 Å². The van der Waals surface area contributed by atoms with Gasteiger partial charge in [0.05, 0.1) is 12.8 Å². The molecule has 20 heavy (non-hydrogen) atoms. The number of rotatable bonds is 7. The summed E-state index contributed by atoms with van der Waals surface area (Å²) >= 11 is 3.48. The van der Waals surface area contributed by atoms with Crippen molar-refractivity contribution in [2.45, 2.75) is 6.42 Å². The Morgan fingerprint density at radius 1 is 1.35 bits per heavy atom. The Morgan fingerprint density at radius 2 is 2.20 bits per heavy atom. The Labute approximate surface area is 127 Å². The molecule has 0 saturated carbocycles. The van der Waals surface area contributed by atoms with Crippen molar-refractivity contribution in [2.75, 3.05) is 32.7 Å². The quantitative estimate of drug-likeness (QED) is 0.787. The molecule has 0 saturated heterocycles. The number of nitrogens with one attached hydrogen (secondary N) is 1. The lowest BCUT2D eigenvalue weighted by atomic mass is 10.3. The van der Waals surface area contributed by atoms with Gasteiger partial charge in [-0.2, -0.15) is 0 Å². The summed E-state index contributed by atoms with van der Waals surface area (Å²) in [5.41, 5.74) is 0.939. The first-order valence-electron chi connectivity index (χ1n) is 6.36. The normalized spacial score (nSPS) is 10.6. The third kappa shape index (κ3) is 3.52. The second-order valence-electron chi connectivity index (χ2n) is 4.21. The van der Waals surface area contributed by atoms with Crippen molar-refractivity contribution < 1.29 is 9.47 Å². The molecule has 5 nitrogen and oxygen atoms in total. The molecule has 0 atom stereocenters. The summed E-state index contributed by atoms with van der Waals surface area (Å²) < 4.78 is 13.4. The zero-order chi connectivity index (χ0) is 14.4. The fourth-order valence-corrected chi connectivity index (χ4v) is 2.25. The number of halogens is 1. The lowest BCUT2D eigenvalue weighted by molar-refractivity contribution is 0.197. The van der Waals surface area contributed by atoms with Crippen LogP contribution in [0.1, 0.15) is 6.42 Å². The SMILES string of the molecule is COCCCNc1nccn1-c1cc(Br)ccc1OC. The first-order chi connectivity index (χ1) is 9.76. The molecule has 0 fully saturated rings. The van der Waals surface area contributed by atoms with Gasteiger partial charge < -0.3 is 14.8 Å².